The first kappa shape index (κ1) is 17.2. The summed E-state index contributed by atoms with van der Waals surface area (Å²) in [6.07, 6.45) is 0.746. The van der Waals surface area contributed by atoms with E-state index in [-0.39, 0.29) is 18.0 Å². The molecule has 1 aromatic carbocycles. The minimum absolute atomic E-state index is 0.204. The normalized spacial score (nSPS) is 26.9. The topological polar surface area (TPSA) is 41.6 Å². The van der Waals surface area contributed by atoms with Crippen LogP contribution in [-0.4, -0.2) is 35.7 Å². The SMILES string of the molecule is CCC(NC1C2CN(C(=O)OC(C)(C)C)CC21)c1ccc(F)cc1. The number of rotatable bonds is 4. The first-order valence-corrected chi connectivity index (χ1v) is 8.78. The van der Waals surface area contributed by atoms with Crippen LogP contribution in [0.5, 0.6) is 0 Å². The Morgan fingerprint density at radius 1 is 1.29 bits per heavy atom. The molecule has 0 bridgehead atoms. The van der Waals surface area contributed by atoms with Crippen LogP contribution in [0.25, 0.3) is 0 Å². The van der Waals surface area contributed by atoms with E-state index in [2.05, 4.69) is 12.2 Å². The molecule has 3 atom stereocenters. The molecule has 1 aliphatic heterocycles. The number of amides is 1. The predicted octanol–water partition coefficient (Wildman–Crippen LogP) is 3.73. The summed E-state index contributed by atoms with van der Waals surface area (Å²) >= 11 is 0. The van der Waals surface area contributed by atoms with Gasteiger partial charge in [-0.25, -0.2) is 9.18 Å². The standard InChI is InChI=1S/C19H27FN2O2/c1-5-16(12-6-8-13(20)9-7-12)21-17-14-10-22(11-15(14)17)18(23)24-19(2,3)4/h6-9,14-17,21H,5,10-11H2,1-4H3. The summed E-state index contributed by atoms with van der Waals surface area (Å²) in [4.78, 5) is 13.9. The van der Waals surface area contributed by atoms with Gasteiger partial charge in [0.2, 0.25) is 0 Å². The number of piperidine rings is 1. The molecule has 2 aliphatic rings. The largest absolute Gasteiger partial charge is 0.444 e. The molecule has 1 heterocycles. The van der Waals surface area contributed by atoms with Gasteiger partial charge in [-0.2, -0.15) is 0 Å². The summed E-state index contributed by atoms with van der Waals surface area (Å²) in [5, 5.41) is 3.68. The number of nitrogens with one attached hydrogen (secondary N) is 1. The molecule has 0 aromatic heterocycles. The van der Waals surface area contributed by atoms with E-state index in [4.69, 9.17) is 4.74 Å². The number of carbonyl (C=O) groups is 1. The van der Waals surface area contributed by atoms with E-state index in [1.807, 2.05) is 37.8 Å². The first-order chi connectivity index (χ1) is 11.3. The third-order valence-electron chi connectivity index (χ3n) is 4.92. The molecular formula is C19H27FN2O2. The van der Waals surface area contributed by atoms with Crippen molar-refractivity contribution in [1.29, 1.82) is 0 Å². The first-order valence-electron chi connectivity index (χ1n) is 8.78. The fourth-order valence-electron chi connectivity index (χ4n) is 3.63. The molecule has 1 saturated heterocycles. The molecule has 1 aromatic rings. The van der Waals surface area contributed by atoms with Crippen molar-refractivity contribution in [2.75, 3.05) is 13.1 Å². The van der Waals surface area contributed by atoms with Gasteiger partial charge in [-0.05, 0) is 56.7 Å². The third kappa shape index (κ3) is 3.72. The maximum Gasteiger partial charge on any atom is 0.410 e. The average molecular weight is 334 g/mol. The van der Waals surface area contributed by atoms with Gasteiger partial charge < -0.3 is 15.0 Å². The molecule has 1 aliphatic carbocycles. The summed E-state index contributed by atoms with van der Waals surface area (Å²) in [6, 6.07) is 7.40. The highest BCUT2D eigenvalue weighted by Gasteiger charge is 2.57. The molecule has 3 unspecified atom stereocenters. The third-order valence-corrected chi connectivity index (χ3v) is 4.92. The van der Waals surface area contributed by atoms with Crippen molar-refractivity contribution in [3.05, 3.63) is 35.6 Å². The highest BCUT2D eigenvalue weighted by molar-refractivity contribution is 5.69. The maximum atomic E-state index is 13.1. The molecule has 24 heavy (non-hydrogen) atoms. The van der Waals surface area contributed by atoms with Gasteiger partial charge in [0, 0.05) is 25.2 Å². The van der Waals surface area contributed by atoms with E-state index < -0.39 is 5.60 Å². The van der Waals surface area contributed by atoms with E-state index in [1.165, 1.54) is 12.1 Å². The molecular weight excluding hydrogens is 307 g/mol. The van der Waals surface area contributed by atoms with Gasteiger partial charge in [0.25, 0.3) is 0 Å². The van der Waals surface area contributed by atoms with Crippen LogP contribution in [0.3, 0.4) is 0 Å². The molecule has 0 radical (unpaired) electrons. The average Bonchev–Trinajstić information content (AvgIpc) is 2.93. The lowest BCUT2D eigenvalue weighted by molar-refractivity contribution is 0.0268. The zero-order chi connectivity index (χ0) is 17.5. The number of halogens is 1. The smallest absolute Gasteiger partial charge is 0.410 e. The summed E-state index contributed by atoms with van der Waals surface area (Å²) in [5.41, 5.74) is 0.671. The van der Waals surface area contributed by atoms with Crippen molar-refractivity contribution in [1.82, 2.24) is 10.2 Å². The van der Waals surface area contributed by atoms with Crippen molar-refractivity contribution in [3.63, 3.8) is 0 Å². The molecule has 1 N–H and O–H groups in total. The van der Waals surface area contributed by atoms with Crippen molar-refractivity contribution in [2.45, 2.75) is 51.8 Å². The Kier molecular flexibility index (Phi) is 4.56. The van der Waals surface area contributed by atoms with E-state index in [0.717, 1.165) is 25.1 Å². The number of nitrogens with zero attached hydrogens (tertiary/aromatic N) is 1. The zero-order valence-corrected chi connectivity index (χ0v) is 14.9. The lowest BCUT2D eigenvalue weighted by Gasteiger charge is -2.26. The fourth-order valence-corrected chi connectivity index (χ4v) is 3.63. The van der Waals surface area contributed by atoms with Gasteiger partial charge in [0.1, 0.15) is 11.4 Å². The number of likely N-dealkylation sites (tertiary alicyclic amines) is 1. The summed E-state index contributed by atoms with van der Waals surface area (Å²) < 4.78 is 18.5. The van der Waals surface area contributed by atoms with Gasteiger partial charge in [0.05, 0.1) is 0 Å². The van der Waals surface area contributed by atoms with E-state index >= 15 is 0 Å². The van der Waals surface area contributed by atoms with Gasteiger partial charge in [0.15, 0.2) is 0 Å². The number of benzene rings is 1. The predicted molar refractivity (Wildman–Crippen MR) is 91.1 cm³/mol. The van der Waals surface area contributed by atoms with E-state index in [1.54, 1.807) is 0 Å². The Balaban J connectivity index is 1.52. The molecule has 1 amide bonds. The van der Waals surface area contributed by atoms with Crippen molar-refractivity contribution >= 4 is 6.09 Å². The number of carbonyl (C=O) groups excluding carboxylic acids is 1. The number of hydrogen-bond donors (Lipinski definition) is 1. The quantitative estimate of drug-likeness (QED) is 0.912. The molecule has 132 valence electrons. The summed E-state index contributed by atoms with van der Waals surface area (Å²) in [7, 11) is 0. The number of fused-ring (bicyclic) bond motifs is 1. The van der Waals surface area contributed by atoms with Crippen LogP contribution in [0.1, 0.15) is 45.7 Å². The maximum absolute atomic E-state index is 13.1. The zero-order valence-electron chi connectivity index (χ0n) is 14.9. The Bertz CT molecular complexity index is 584. The van der Waals surface area contributed by atoms with Crippen LogP contribution in [0.2, 0.25) is 0 Å². The molecule has 5 heteroatoms. The van der Waals surface area contributed by atoms with Gasteiger partial charge in [-0.15, -0.1) is 0 Å². The summed E-state index contributed by atoms with van der Waals surface area (Å²) in [5.74, 6) is 0.809. The monoisotopic (exact) mass is 334 g/mol. The molecule has 1 saturated carbocycles. The minimum atomic E-state index is -0.447. The van der Waals surface area contributed by atoms with Crippen molar-refractivity contribution < 1.29 is 13.9 Å². The lowest BCUT2D eigenvalue weighted by Crippen LogP contribution is -2.39. The van der Waals surface area contributed by atoms with E-state index in [9.17, 15) is 9.18 Å². The van der Waals surface area contributed by atoms with Crippen LogP contribution >= 0.6 is 0 Å². The Morgan fingerprint density at radius 2 is 1.88 bits per heavy atom. The number of hydrogen-bond acceptors (Lipinski definition) is 3. The Labute approximate surface area is 143 Å². The van der Waals surface area contributed by atoms with Crippen LogP contribution in [0.15, 0.2) is 24.3 Å². The molecule has 2 fully saturated rings. The van der Waals surface area contributed by atoms with Crippen LogP contribution in [0.4, 0.5) is 9.18 Å². The van der Waals surface area contributed by atoms with Crippen LogP contribution in [0, 0.1) is 17.7 Å². The highest BCUT2D eigenvalue weighted by Crippen LogP contribution is 2.47. The summed E-state index contributed by atoms with van der Waals surface area (Å²) in [6.45, 7) is 9.32. The minimum Gasteiger partial charge on any atom is -0.444 e. The Hall–Kier alpha value is -1.62. The highest BCUT2D eigenvalue weighted by atomic mass is 19.1. The molecule has 0 spiro atoms. The van der Waals surface area contributed by atoms with E-state index in [0.29, 0.717) is 17.9 Å². The van der Waals surface area contributed by atoms with Gasteiger partial charge in [-0.1, -0.05) is 19.1 Å². The molecule has 4 nitrogen and oxygen atoms in total. The van der Waals surface area contributed by atoms with Crippen molar-refractivity contribution in [3.8, 4) is 0 Å². The Morgan fingerprint density at radius 3 is 2.38 bits per heavy atom. The number of ether oxygens (including phenoxy) is 1. The lowest BCUT2D eigenvalue weighted by atomic mass is 10.0. The second-order valence-corrected chi connectivity index (χ2v) is 7.92. The molecule has 3 rings (SSSR count). The fraction of sp³-hybridized carbons (Fsp3) is 0.632. The van der Waals surface area contributed by atoms with Gasteiger partial charge >= 0.3 is 6.09 Å². The second-order valence-electron chi connectivity index (χ2n) is 7.92. The second kappa shape index (κ2) is 6.36. The van der Waals surface area contributed by atoms with Gasteiger partial charge in [-0.3, -0.25) is 0 Å². The van der Waals surface area contributed by atoms with Crippen LogP contribution in [-0.2, 0) is 4.74 Å². The van der Waals surface area contributed by atoms with Crippen LogP contribution < -0.4 is 5.32 Å². The van der Waals surface area contributed by atoms with Crippen molar-refractivity contribution in [2.24, 2.45) is 11.8 Å².